The number of benzene rings is 1. The molecule has 0 fully saturated rings. The van der Waals surface area contributed by atoms with Gasteiger partial charge in [-0.05, 0) is 32.4 Å². The predicted molar refractivity (Wildman–Crippen MR) is 67.2 cm³/mol. The Morgan fingerprint density at radius 1 is 1.24 bits per heavy atom. The summed E-state index contributed by atoms with van der Waals surface area (Å²) in [6, 6.07) is 7.48. The number of aromatic nitrogens is 2. The minimum Gasteiger partial charge on any atom is -0.305 e. The molecule has 0 aliphatic carbocycles. The van der Waals surface area contributed by atoms with Gasteiger partial charge in [-0.15, -0.1) is 0 Å². The van der Waals surface area contributed by atoms with E-state index < -0.39 is 0 Å². The lowest BCUT2D eigenvalue weighted by Crippen LogP contribution is -2.14. The average Bonchev–Trinajstić information content (AvgIpc) is 2.61. The number of aryl methyl sites for hydroxylation is 2. The maximum absolute atomic E-state index is 12.0. The molecule has 1 amide bonds. The topological polar surface area (TPSA) is 57.8 Å². The van der Waals surface area contributed by atoms with Crippen LogP contribution in [0.15, 0.2) is 24.3 Å². The first-order valence-electron chi connectivity index (χ1n) is 5.48. The van der Waals surface area contributed by atoms with Crippen molar-refractivity contribution in [3.8, 4) is 0 Å². The van der Waals surface area contributed by atoms with Gasteiger partial charge in [0, 0.05) is 16.8 Å². The van der Waals surface area contributed by atoms with Crippen molar-refractivity contribution in [2.24, 2.45) is 0 Å². The van der Waals surface area contributed by atoms with Crippen molar-refractivity contribution in [2.75, 3.05) is 5.32 Å². The molecule has 1 heterocycles. The van der Waals surface area contributed by atoms with E-state index in [0.29, 0.717) is 11.4 Å². The largest absolute Gasteiger partial charge is 0.305 e. The summed E-state index contributed by atoms with van der Waals surface area (Å²) < 4.78 is 0. The van der Waals surface area contributed by atoms with Gasteiger partial charge in [0.1, 0.15) is 0 Å². The molecule has 0 bridgehead atoms. The summed E-state index contributed by atoms with van der Waals surface area (Å²) in [4.78, 5) is 12.0. The smallest absolute Gasteiger partial charge is 0.257 e. The summed E-state index contributed by atoms with van der Waals surface area (Å²) in [5.74, 6) is 0.466. The summed E-state index contributed by atoms with van der Waals surface area (Å²) in [5.41, 5.74) is 3.56. The second-order valence-corrected chi connectivity index (χ2v) is 4.09. The average molecular weight is 229 g/mol. The number of amides is 1. The number of hydrogen-bond donors (Lipinski definition) is 2. The molecule has 0 aliphatic rings. The molecule has 0 atom stereocenters. The lowest BCUT2D eigenvalue weighted by molar-refractivity contribution is 0.102. The highest BCUT2D eigenvalue weighted by molar-refractivity contribution is 6.05. The number of H-pyrrole nitrogens is 1. The molecular weight excluding hydrogens is 214 g/mol. The first kappa shape index (κ1) is 11.4. The van der Waals surface area contributed by atoms with Gasteiger partial charge in [-0.1, -0.05) is 18.2 Å². The number of aromatic amines is 1. The molecule has 0 unspecified atom stereocenters. The van der Waals surface area contributed by atoms with E-state index in [1.54, 1.807) is 6.07 Å². The summed E-state index contributed by atoms with van der Waals surface area (Å²) >= 11 is 0. The molecule has 4 nitrogen and oxygen atoms in total. The Hall–Kier alpha value is -2.10. The maximum Gasteiger partial charge on any atom is 0.257 e. The highest BCUT2D eigenvalue weighted by Crippen LogP contribution is 2.16. The van der Waals surface area contributed by atoms with Gasteiger partial charge >= 0.3 is 0 Å². The summed E-state index contributed by atoms with van der Waals surface area (Å²) in [7, 11) is 0. The Morgan fingerprint density at radius 2 is 1.94 bits per heavy atom. The number of nitrogens with one attached hydrogen (secondary N) is 2. The van der Waals surface area contributed by atoms with Crippen molar-refractivity contribution >= 4 is 11.7 Å². The minimum atomic E-state index is -0.127. The van der Waals surface area contributed by atoms with Crippen molar-refractivity contribution in [3.63, 3.8) is 0 Å². The van der Waals surface area contributed by atoms with Gasteiger partial charge in [0.2, 0.25) is 0 Å². The number of anilines is 1. The molecule has 0 radical (unpaired) electrons. The van der Waals surface area contributed by atoms with E-state index in [-0.39, 0.29) is 5.91 Å². The molecule has 2 rings (SSSR count). The maximum atomic E-state index is 12.0. The minimum absolute atomic E-state index is 0.127. The van der Waals surface area contributed by atoms with E-state index in [1.807, 2.05) is 39.0 Å². The van der Waals surface area contributed by atoms with Gasteiger partial charge < -0.3 is 5.32 Å². The Morgan fingerprint density at radius 3 is 2.53 bits per heavy atom. The molecule has 0 saturated heterocycles. The molecule has 2 aromatic rings. The molecular formula is C13H15N3O. The third kappa shape index (κ3) is 2.20. The van der Waals surface area contributed by atoms with Crippen molar-refractivity contribution in [1.82, 2.24) is 10.2 Å². The molecule has 2 N–H and O–H groups in total. The highest BCUT2D eigenvalue weighted by Gasteiger charge is 2.12. The van der Waals surface area contributed by atoms with E-state index in [4.69, 9.17) is 0 Å². The lowest BCUT2D eigenvalue weighted by atomic mass is 10.1. The van der Waals surface area contributed by atoms with Gasteiger partial charge in [0.05, 0.1) is 0 Å². The van der Waals surface area contributed by atoms with Crippen molar-refractivity contribution in [1.29, 1.82) is 0 Å². The van der Waals surface area contributed by atoms with E-state index >= 15 is 0 Å². The van der Waals surface area contributed by atoms with Crippen molar-refractivity contribution in [3.05, 3.63) is 46.6 Å². The van der Waals surface area contributed by atoms with E-state index in [0.717, 1.165) is 16.8 Å². The van der Waals surface area contributed by atoms with Gasteiger partial charge in [-0.25, -0.2) is 0 Å². The fourth-order valence-electron chi connectivity index (χ4n) is 1.61. The zero-order valence-electron chi connectivity index (χ0n) is 10.2. The van der Waals surface area contributed by atoms with Gasteiger partial charge in [-0.3, -0.25) is 9.89 Å². The van der Waals surface area contributed by atoms with E-state index in [9.17, 15) is 4.79 Å². The third-order valence-electron chi connectivity index (χ3n) is 2.87. The fraction of sp³-hybridized carbons (Fsp3) is 0.231. The molecule has 88 valence electrons. The molecule has 1 aromatic carbocycles. The number of carbonyl (C=O) groups is 1. The first-order valence-corrected chi connectivity index (χ1v) is 5.48. The van der Waals surface area contributed by atoms with E-state index in [2.05, 4.69) is 15.5 Å². The van der Waals surface area contributed by atoms with Crippen LogP contribution in [0.1, 0.15) is 27.2 Å². The van der Waals surface area contributed by atoms with Crippen LogP contribution >= 0.6 is 0 Å². The van der Waals surface area contributed by atoms with Crippen LogP contribution in [0.25, 0.3) is 0 Å². The Kier molecular flexibility index (Phi) is 2.95. The van der Waals surface area contributed by atoms with Crippen molar-refractivity contribution < 1.29 is 4.79 Å². The van der Waals surface area contributed by atoms with Crippen LogP contribution in [0.3, 0.4) is 0 Å². The fourth-order valence-corrected chi connectivity index (χ4v) is 1.61. The second kappa shape index (κ2) is 4.41. The van der Waals surface area contributed by atoms with Gasteiger partial charge in [0.15, 0.2) is 5.82 Å². The van der Waals surface area contributed by atoms with Gasteiger partial charge in [0.25, 0.3) is 5.91 Å². The zero-order chi connectivity index (χ0) is 12.4. The monoisotopic (exact) mass is 229 g/mol. The van der Waals surface area contributed by atoms with Crippen molar-refractivity contribution in [2.45, 2.75) is 20.8 Å². The SMILES string of the molecule is Cc1ccccc1C(=O)Nc1n[nH]c(C)c1C. The van der Waals surface area contributed by atoms with Crippen LogP contribution in [-0.2, 0) is 0 Å². The molecule has 0 aliphatic heterocycles. The van der Waals surface area contributed by atoms with Crippen LogP contribution < -0.4 is 5.32 Å². The van der Waals surface area contributed by atoms with Crippen LogP contribution in [-0.4, -0.2) is 16.1 Å². The molecule has 4 heteroatoms. The normalized spacial score (nSPS) is 10.3. The quantitative estimate of drug-likeness (QED) is 0.831. The summed E-state index contributed by atoms with van der Waals surface area (Å²) in [6.07, 6.45) is 0. The summed E-state index contributed by atoms with van der Waals surface area (Å²) in [5, 5.41) is 9.70. The Labute approximate surface area is 100 Å². The third-order valence-corrected chi connectivity index (χ3v) is 2.87. The standard InChI is InChI=1S/C13H15N3O/c1-8-6-4-5-7-11(8)13(17)14-12-9(2)10(3)15-16-12/h4-7H,1-3H3,(H2,14,15,16,17). The number of carbonyl (C=O) groups excluding carboxylic acids is 1. The molecule has 17 heavy (non-hydrogen) atoms. The number of hydrogen-bond acceptors (Lipinski definition) is 2. The number of rotatable bonds is 2. The zero-order valence-corrected chi connectivity index (χ0v) is 10.2. The Bertz CT molecular complexity index is 558. The molecule has 0 spiro atoms. The summed E-state index contributed by atoms with van der Waals surface area (Å²) in [6.45, 7) is 5.76. The van der Waals surface area contributed by atoms with Crippen LogP contribution in [0, 0.1) is 20.8 Å². The first-order chi connectivity index (χ1) is 8.09. The van der Waals surface area contributed by atoms with Crippen LogP contribution in [0.4, 0.5) is 5.82 Å². The second-order valence-electron chi connectivity index (χ2n) is 4.09. The predicted octanol–water partition coefficient (Wildman–Crippen LogP) is 2.59. The number of nitrogens with zero attached hydrogens (tertiary/aromatic N) is 1. The Balaban J connectivity index is 2.23. The van der Waals surface area contributed by atoms with Crippen LogP contribution in [0.2, 0.25) is 0 Å². The lowest BCUT2D eigenvalue weighted by Gasteiger charge is -2.05. The van der Waals surface area contributed by atoms with Crippen LogP contribution in [0.5, 0.6) is 0 Å². The molecule has 0 saturated carbocycles. The van der Waals surface area contributed by atoms with Gasteiger partial charge in [-0.2, -0.15) is 5.10 Å². The highest BCUT2D eigenvalue weighted by atomic mass is 16.1. The van der Waals surface area contributed by atoms with E-state index in [1.165, 1.54) is 0 Å². The molecule has 1 aromatic heterocycles.